The summed E-state index contributed by atoms with van der Waals surface area (Å²) in [6, 6.07) is 3.02. The number of aromatic nitrogens is 2. The molecule has 0 aliphatic heterocycles. The summed E-state index contributed by atoms with van der Waals surface area (Å²) in [5.41, 5.74) is 0. The van der Waals surface area contributed by atoms with Gasteiger partial charge in [0.2, 0.25) is 0 Å². The van der Waals surface area contributed by atoms with Crippen LogP contribution in [0.2, 0.25) is 0 Å². The standard InChI is InChI=1S/C9H6BrN3O2S/c10-6-4-16-9(12-6)8(15)13-7-5(14)2-1-3-11-7/h1-4,14H,(H,11,13,15). The van der Waals surface area contributed by atoms with Crippen LogP contribution in [0.5, 0.6) is 5.75 Å². The van der Waals surface area contributed by atoms with E-state index in [4.69, 9.17) is 0 Å². The molecule has 7 heteroatoms. The molecule has 2 rings (SSSR count). The Kier molecular flexibility index (Phi) is 3.16. The molecule has 0 atom stereocenters. The summed E-state index contributed by atoms with van der Waals surface area (Å²) in [6.45, 7) is 0. The van der Waals surface area contributed by atoms with Crippen molar-refractivity contribution in [1.29, 1.82) is 0 Å². The van der Waals surface area contributed by atoms with Crippen molar-refractivity contribution < 1.29 is 9.90 Å². The SMILES string of the molecule is O=C(Nc1ncccc1O)c1nc(Br)cs1. The molecule has 0 aromatic carbocycles. The van der Waals surface area contributed by atoms with Crippen LogP contribution < -0.4 is 5.32 Å². The number of hydrogen-bond acceptors (Lipinski definition) is 5. The molecule has 2 heterocycles. The van der Waals surface area contributed by atoms with Gasteiger partial charge in [-0.25, -0.2) is 9.97 Å². The molecule has 2 aromatic heterocycles. The van der Waals surface area contributed by atoms with E-state index >= 15 is 0 Å². The van der Waals surface area contributed by atoms with Crippen molar-refractivity contribution in [2.45, 2.75) is 0 Å². The van der Waals surface area contributed by atoms with Crippen molar-refractivity contribution in [2.24, 2.45) is 0 Å². The molecule has 0 radical (unpaired) electrons. The zero-order valence-corrected chi connectivity index (χ0v) is 10.2. The van der Waals surface area contributed by atoms with E-state index in [1.165, 1.54) is 23.6 Å². The number of aromatic hydroxyl groups is 1. The summed E-state index contributed by atoms with van der Waals surface area (Å²) in [6.07, 6.45) is 1.48. The number of nitrogens with zero attached hydrogens (tertiary/aromatic N) is 2. The molecule has 16 heavy (non-hydrogen) atoms. The molecule has 0 unspecified atom stereocenters. The van der Waals surface area contributed by atoms with Crippen molar-refractivity contribution in [2.75, 3.05) is 5.32 Å². The number of anilines is 1. The highest BCUT2D eigenvalue weighted by Gasteiger charge is 2.12. The lowest BCUT2D eigenvalue weighted by molar-refractivity contribution is 0.102. The summed E-state index contributed by atoms with van der Waals surface area (Å²) in [7, 11) is 0. The molecule has 0 fully saturated rings. The smallest absolute Gasteiger partial charge is 0.285 e. The second-order valence-electron chi connectivity index (χ2n) is 2.80. The monoisotopic (exact) mass is 299 g/mol. The Bertz CT molecular complexity index is 529. The minimum atomic E-state index is -0.398. The van der Waals surface area contributed by atoms with Gasteiger partial charge in [-0.05, 0) is 28.1 Å². The fourth-order valence-electron chi connectivity index (χ4n) is 1.01. The van der Waals surface area contributed by atoms with Crippen molar-refractivity contribution in [1.82, 2.24) is 9.97 Å². The molecule has 0 aliphatic carbocycles. The van der Waals surface area contributed by atoms with Gasteiger partial charge in [0.05, 0.1) is 0 Å². The Labute approximate surface area is 103 Å². The molecular weight excluding hydrogens is 294 g/mol. The van der Waals surface area contributed by atoms with E-state index in [0.29, 0.717) is 9.61 Å². The number of pyridine rings is 1. The predicted octanol–water partition coefficient (Wildman–Crippen LogP) is 2.26. The van der Waals surface area contributed by atoms with Crippen LogP contribution >= 0.6 is 27.3 Å². The first-order valence-corrected chi connectivity index (χ1v) is 5.90. The number of carbonyl (C=O) groups excluding carboxylic acids is 1. The first kappa shape index (κ1) is 11.0. The number of amides is 1. The second kappa shape index (κ2) is 4.58. The van der Waals surface area contributed by atoms with E-state index in [2.05, 4.69) is 31.2 Å². The maximum Gasteiger partial charge on any atom is 0.285 e. The Hall–Kier alpha value is -1.47. The number of hydrogen-bond donors (Lipinski definition) is 2. The highest BCUT2D eigenvalue weighted by molar-refractivity contribution is 9.10. The van der Waals surface area contributed by atoms with Crippen molar-refractivity contribution in [3.8, 4) is 5.75 Å². The topological polar surface area (TPSA) is 75.1 Å². The number of nitrogens with one attached hydrogen (secondary N) is 1. The molecule has 5 nitrogen and oxygen atoms in total. The molecule has 2 aromatic rings. The van der Waals surface area contributed by atoms with Crippen LogP contribution in [0.3, 0.4) is 0 Å². The summed E-state index contributed by atoms with van der Waals surface area (Å²) in [4.78, 5) is 19.4. The Balaban J connectivity index is 2.17. The molecule has 0 bridgehead atoms. The number of halogens is 1. The fourth-order valence-corrected chi connectivity index (χ4v) is 2.16. The van der Waals surface area contributed by atoms with Gasteiger partial charge < -0.3 is 10.4 Å². The van der Waals surface area contributed by atoms with Crippen LogP contribution in [0.25, 0.3) is 0 Å². The Morgan fingerprint density at radius 3 is 3.00 bits per heavy atom. The van der Waals surface area contributed by atoms with Crippen molar-refractivity contribution in [3.05, 3.63) is 33.3 Å². The highest BCUT2D eigenvalue weighted by atomic mass is 79.9. The van der Waals surface area contributed by atoms with E-state index in [-0.39, 0.29) is 11.6 Å². The van der Waals surface area contributed by atoms with Crippen LogP contribution in [0.1, 0.15) is 9.80 Å². The minimum Gasteiger partial charge on any atom is -0.504 e. The molecule has 2 N–H and O–H groups in total. The van der Waals surface area contributed by atoms with Gasteiger partial charge in [-0.1, -0.05) is 0 Å². The number of rotatable bonds is 2. The van der Waals surface area contributed by atoms with Gasteiger partial charge in [-0.3, -0.25) is 4.79 Å². The Morgan fingerprint density at radius 2 is 2.38 bits per heavy atom. The zero-order chi connectivity index (χ0) is 11.5. The molecule has 0 saturated carbocycles. The van der Waals surface area contributed by atoms with Crippen molar-refractivity contribution in [3.63, 3.8) is 0 Å². The quantitative estimate of drug-likeness (QED) is 0.892. The summed E-state index contributed by atoms with van der Waals surface area (Å²) >= 11 is 4.36. The van der Waals surface area contributed by atoms with Gasteiger partial charge >= 0.3 is 0 Å². The van der Waals surface area contributed by atoms with Gasteiger partial charge in [-0.15, -0.1) is 11.3 Å². The Morgan fingerprint density at radius 1 is 1.56 bits per heavy atom. The molecule has 0 saturated heterocycles. The maximum absolute atomic E-state index is 11.6. The zero-order valence-electron chi connectivity index (χ0n) is 7.85. The van der Waals surface area contributed by atoms with E-state index in [0.717, 1.165) is 0 Å². The second-order valence-corrected chi connectivity index (χ2v) is 4.47. The van der Waals surface area contributed by atoms with Crippen LogP contribution in [0.4, 0.5) is 5.82 Å². The summed E-state index contributed by atoms with van der Waals surface area (Å²) in [5, 5.41) is 13.9. The maximum atomic E-state index is 11.6. The largest absolute Gasteiger partial charge is 0.504 e. The first-order chi connectivity index (χ1) is 7.66. The van der Waals surface area contributed by atoms with Crippen LogP contribution in [0, 0.1) is 0 Å². The van der Waals surface area contributed by atoms with E-state index < -0.39 is 5.91 Å². The van der Waals surface area contributed by atoms with E-state index in [9.17, 15) is 9.90 Å². The van der Waals surface area contributed by atoms with Gasteiger partial charge in [0, 0.05) is 11.6 Å². The molecule has 1 amide bonds. The average Bonchev–Trinajstić information content (AvgIpc) is 2.68. The highest BCUT2D eigenvalue weighted by Crippen LogP contribution is 2.20. The van der Waals surface area contributed by atoms with Gasteiger partial charge in [0.1, 0.15) is 4.60 Å². The molecule has 0 aliphatic rings. The average molecular weight is 300 g/mol. The fraction of sp³-hybridized carbons (Fsp3) is 0. The number of thiazole rings is 1. The van der Waals surface area contributed by atoms with Crippen LogP contribution in [0.15, 0.2) is 28.3 Å². The van der Waals surface area contributed by atoms with Gasteiger partial charge in [0.25, 0.3) is 5.91 Å². The molecule has 0 spiro atoms. The third-order valence-electron chi connectivity index (χ3n) is 1.69. The van der Waals surface area contributed by atoms with Crippen molar-refractivity contribution >= 4 is 39.0 Å². The van der Waals surface area contributed by atoms with Crippen LogP contribution in [-0.4, -0.2) is 21.0 Å². The first-order valence-electron chi connectivity index (χ1n) is 4.23. The molecular formula is C9H6BrN3O2S. The third-order valence-corrected chi connectivity index (χ3v) is 3.24. The normalized spacial score (nSPS) is 10.1. The lowest BCUT2D eigenvalue weighted by Gasteiger charge is -2.03. The molecule has 82 valence electrons. The van der Waals surface area contributed by atoms with E-state index in [1.807, 2.05) is 0 Å². The van der Waals surface area contributed by atoms with Gasteiger partial charge in [-0.2, -0.15) is 0 Å². The van der Waals surface area contributed by atoms with Gasteiger partial charge in [0.15, 0.2) is 16.6 Å². The predicted molar refractivity (Wildman–Crippen MR) is 63.7 cm³/mol. The lowest BCUT2D eigenvalue weighted by Crippen LogP contribution is -2.12. The lowest BCUT2D eigenvalue weighted by atomic mass is 10.4. The number of carbonyl (C=O) groups is 1. The summed E-state index contributed by atoms with van der Waals surface area (Å²) in [5.74, 6) is -0.352. The minimum absolute atomic E-state index is 0.0773. The van der Waals surface area contributed by atoms with E-state index in [1.54, 1.807) is 11.4 Å². The van der Waals surface area contributed by atoms with Crippen LogP contribution in [-0.2, 0) is 0 Å². The third kappa shape index (κ3) is 2.37. The summed E-state index contributed by atoms with van der Waals surface area (Å²) < 4.78 is 0.605.